The first kappa shape index (κ1) is 34.8. The number of benzene rings is 3. The molecule has 1 N–H and O–H groups in total. The Morgan fingerprint density at radius 1 is 0.614 bits per heavy atom. The molecule has 5 rings (SSSR count). The zero-order valence-corrected chi connectivity index (χ0v) is 33.5. The third-order valence-electron chi connectivity index (χ3n) is 10.4. The molecule has 236 valence electrons. The van der Waals surface area contributed by atoms with E-state index in [4.69, 9.17) is 11.1 Å². The molecule has 0 saturated heterocycles. The van der Waals surface area contributed by atoms with Crippen LogP contribution in [0.5, 0.6) is 0 Å². The second-order valence-electron chi connectivity index (χ2n) is 15.2. The lowest BCUT2D eigenvalue weighted by Gasteiger charge is -2.41. The number of anilines is 1. The summed E-state index contributed by atoms with van der Waals surface area (Å²) in [5.74, 6) is -0.170. The van der Waals surface area contributed by atoms with Crippen molar-refractivity contribution in [3.8, 4) is 0 Å². The first-order chi connectivity index (χ1) is 20.2. The van der Waals surface area contributed by atoms with E-state index in [0.717, 1.165) is 24.0 Å². The van der Waals surface area contributed by atoms with E-state index in [1.54, 1.807) is 12.1 Å². The summed E-state index contributed by atoms with van der Waals surface area (Å²) in [6, 6.07) is 14.1. The summed E-state index contributed by atoms with van der Waals surface area (Å²) in [4.78, 5) is 3.95. The van der Waals surface area contributed by atoms with Crippen molar-refractivity contribution in [2.45, 2.75) is 92.9 Å². The van der Waals surface area contributed by atoms with Crippen molar-refractivity contribution in [2.24, 2.45) is 0 Å². The summed E-state index contributed by atoms with van der Waals surface area (Å²) in [6.07, 6.45) is 5.80. The minimum absolute atomic E-state index is 0.0767. The van der Waals surface area contributed by atoms with E-state index in [9.17, 15) is 8.78 Å². The van der Waals surface area contributed by atoms with Crippen LogP contribution in [0.4, 0.5) is 14.5 Å². The highest BCUT2D eigenvalue weighted by Crippen LogP contribution is 2.32. The van der Waals surface area contributed by atoms with E-state index in [1.807, 2.05) is 18.2 Å². The van der Waals surface area contributed by atoms with Gasteiger partial charge in [0.05, 0.1) is 15.2 Å². The zero-order valence-electron chi connectivity index (χ0n) is 28.7. The van der Waals surface area contributed by atoms with Crippen LogP contribution in [0, 0.1) is 25.5 Å². The van der Waals surface area contributed by atoms with Crippen LogP contribution in [0.25, 0.3) is 12.2 Å². The van der Waals surface area contributed by atoms with Crippen LogP contribution in [0.1, 0.15) is 47.2 Å². The number of rotatable bonds is 6. The normalized spacial score (nSPS) is 14.8. The summed E-state index contributed by atoms with van der Waals surface area (Å²) in [5, 5.41) is 2.79. The minimum atomic E-state index is -1.81. The Morgan fingerprint density at radius 2 is 1.02 bits per heavy atom. The zero-order chi connectivity index (χ0) is 33.0. The third-order valence-corrected chi connectivity index (χ3v) is 45.6. The van der Waals surface area contributed by atoms with Gasteiger partial charge >= 0.3 is 0 Å². The first-order valence-corrected chi connectivity index (χ1v) is 30.7. The molecular weight excluding hydrogens is 632 g/mol. The first-order valence-electron chi connectivity index (χ1n) is 15.7. The van der Waals surface area contributed by atoms with Crippen LogP contribution in [0.15, 0.2) is 53.6 Å². The third kappa shape index (κ3) is 6.73. The van der Waals surface area contributed by atoms with E-state index in [-0.39, 0.29) is 11.6 Å². The molecule has 0 atom stereocenters. The maximum atomic E-state index is 14.3. The molecule has 0 bridgehead atoms. The molecule has 0 radical (unpaired) electrons. The lowest BCUT2D eigenvalue weighted by molar-refractivity contribution is 0.624. The Hall–Kier alpha value is -2.04. The van der Waals surface area contributed by atoms with Gasteiger partial charge in [0.15, 0.2) is 0 Å². The number of allylic oxidation sites excluding steroid dienone is 2. The van der Waals surface area contributed by atoms with Gasteiger partial charge in [-0.1, -0.05) is 104 Å². The van der Waals surface area contributed by atoms with Gasteiger partial charge in [0.2, 0.25) is 0 Å². The molecule has 0 fully saturated rings. The van der Waals surface area contributed by atoms with E-state index >= 15 is 0 Å². The van der Waals surface area contributed by atoms with Gasteiger partial charge < -0.3 is 4.98 Å². The molecule has 8 heteroatoms. The number of aryl methyl sites for hydroxylation is 2. The number of hydrogen-bond donors (Lipinski definition) is 1. The molecular formula is C36H50ClF2NSi4. The molecule has 0 amide bonds. The standard InChI is InChI=1S/C22H30FNSi2.C14H20ClFSi2/c1-15-10-16(2)12-18(11-15)24-26(6,7)25(4,5)22-9-8-21(23)19-13-17(3)14-20(19)22;1-10-8-11-12(9-10)14(7-6-13(11)16)17(2,3)18(4,5)15/h8-13,24H,14H2,1-7H3;6-8H,9H2,1-5H3. The van der Waals surface area contributed by atoms with Crippen LogP contribution in [-0.2, 0) is 12.8 Å². The molecule has 3 aromatic rings. The monoisotopic (exact) mass is 681 g/mol. The summed E-state index contributed by atoms with van der Waals surface area (Å²) < 4.78 is 28.2. The maximum Gasteiger partial charge on any atom is 0.146 e. The van der Waals surface area contributed by atoms with Gasteiger partial charge in [-0.25, -0.2) is 8.78 Å². The van der Waals surface area contributed by atoms with Gasteiger partial charge in [0.25, 0.3) is 0 Å². The summed E-state index contributed by atoms with van der Waals surface area (Å²) in [5.41, 5.74) is 10.4. The Kier molecular flexibility index (Phi) is 9.72. The summed E-state index contributed by atoms with van der Waals surface area (Å²) in [7, 11) is -5.29. The SMILES string of the molecule is CC1=Cc2c(F)ccc([Si](C)(C)[Si](C)(C)Cl)c2C1.CC1=Cc2c(F)ccc([Si](C)(C)[Si](C)(C)Nc3cc(C)cc(C)c3)c2C1. The largest absolute Gasteiger partial charge is 0.412 e. The van der Waals surface area contributed by atoms with Gasteiger partial charge in [0.1, 0.15) is 26.3 Å². The highest BCUT2D eigenvalue weighted by molar-refractivity contribution is 7.61. The van der Waals surface area contributed by atoms with Crippen molar-refractivity contribution in [1.29, 1.82) is 0 Å². The number of hydrogen-bond acceptors (Lipinski definition) is 1. The van der Waals surface area contributed by atoms with E-state index in [0.29, 0.717) is 0 Å². The molecule has 0 aromatic heterocycles. The average molecular weight is 683 g/mol. The second kappa shape index (κ2) is 12.3. The fourth-order valence-corrected chi connectivity index (χ4v) is 19.6. The highest BCUT2D eigenvalue weighted by Gasteiger charge is 2.45. The summed E-state index contributed by atoms with van der Waals surface area (Å²) in [6.45, 7) is 25.6. The van der Waals surface area contributed by atoms with Crippen LogP contribution in [0.2, 0.25) is 52.4 Å². The molecule has 0 aliphatic heterocycles. The number of fused-ring (bicyclic) bond motifs is 2. The topological polar surface area (TPSA) is 12.0 Å². The second-order valence-corrected chi connectivity index (χ2v) is 48.0. The maximum absolute atomic E-state index is 14.3. The van der Waals surface area contributed by atoms with Crippen molar-refractivity contribution < 1.29 is 8.78 Å². The van der Waals surface area contributed by atoms with E-state index in [1.165, 1.54) is 49.5 Å². The van der Waals surface area contributed by atoms with Crippen LogP contribution in [0.3, 0.4) is 0 Å². The van der Waals surface area contributed by atoms with Crippen molar-refractivity contribution >= 4 is 69.1 Å². The van der Waals surface area contributed by atoms with Crippen LogP contribution < -0.4 is 15.4 Å². The molecule has 2 aliphatic rings. The number of nitrogens with one attached hydrogen (secondary N) is 1. The van der Waals surface area contributed by atoms with Gasteiger partial charge in [-0.05, 0) is 87.1 Å². The Balaban J connectivity index is 0.000000215. The number of halogens is 3. The van der Waals surface area contributed by atoms with Crippen LogP contribution >= 0.6 is 11.1 Å². The quantitative estimate of drug-likeness (QED) is 0.202. The van der Waals surface area contributed by atoms with Gasteiger partial charge in [-0.3, -0.25) is 0 Å². The predicted molar refractivity (Wildman–Crippen MR) is 202 cm³/mol. The Morgan fingerprint density at radius 3 is 1.43 bits per heavy atom. The smallest absolute Gasteiger partial charge is 0.146 e. The Labute approximate surface area is 273 Å². The van der Waals surface area contributed by atoms with Crippen molar-refractivity contribution in [2.75, 3.05) is 4.98 Å². The molecule has 44 heavy (non-hydrogen) atoms. The van der Waals surface area contributed by atoms with E-state index in [2.05, 4.69) is 109 Å². The highest BCUT2D eigenvalue weighted by atomic mass is 35.6. The molecule has 0 heterocycles. The minimum Gasteiger partial charge on any atom is -0.412 e. The molecule has 0 saturated carbocycles. The molecule has 0 unspecified atom stereocenters. The average Bonchev–Trinajstić information content (AvgIpc) is 3.46. The van der Waals surface area contributed by atoms with Crippen LogP contribution in [-0.4, -0.2) is 29.8 Å². The molecule has 1 nitrogen and oxygen atoms in total. The van der Waals surface area contributed by atoms with Crippen molar-refractivity contribution in [1.82, 2.24) is 0 Å². The Bertz CT molecular complexity index is 1650. The fraction of sp³-hybridized carbons (Fsp3) is 0.389. The fourth-order valence-electron chi connectivity index (χ4n) is 6.51. The van der Waals surface area contributed by atoms with Gasteiger partial charge in [-0.15, -0.1) is 0 Å². The predicted octanol–water partition coefficient (Wildman–Crippen LogP) is 9.94. The van der Waals surface area contributed by atoms with Crippen molar-refractivity contribution in [3.05, 3.63) is 98.6 Å². The van der Waals surface area contributed by atoms with E-state index < -0.39 is 29.8 Å². The van der Waals surface area contributed by atoms with Crippen molar-refractivity contribution in [3.63, 3.8) is 0 Å². The lowest BCUT2D eigenvalue weighted by atomic mass is 10.1. The molecule has 0 spiro atoms. The molecule has 2 aliphatic carbocycles. The van der Waals surface area contributed by atoms with Gasteiger partial charge in [-0.2, -0.15) is 11.1 Å². The van der Waals surface area contributed by atoms with Gasteiger partial charge in [0, 0.05) is 16.8 Å². The molecule has 3 aromatic carbocycles. The summed E-state index contributed by atoms with van der Waals surface area (Å²) >= 11 is 6.73. The lowest BCUT2D eigenvalue weighted by Crippen LogP contribution is -2.68.